The molecule has 0 spiro atoms. The molecule has 0 aliphatic carbocycles. The van der Waals surface area contributed by atoms with Crippen molar-refractivity contribution in [1.29, 1.82) is 0 Å². The van der Waals surface area contributed by atoms with E-state index in [4.69, 9.17) is 0 Å². The maximum atomic E-state index is 12.4. The van der Waals surface area contributed by atoms with Crippen LogP contribution >= 0.6 is 11.3 Å². The topological polar surface area (TPSA) is 61.4 Å². The summed E-state index contributed by atoms with van der Waals surface area (Å²) in [6.45, 7) is 3.90. The number of hydrogen-bond acceptors (Lipinski definition) is 4. The van der Waals surface area contributed by atoms with Crippen molar-refractivity contribution in [3.8, 4) is 11.1 Å². The zero-order valence-electron chi connectivity index (χ0n) is 12.5. The van der Waals surface area contributed by atoms with Crippen molar-refractivity contribution < 1.29 is 9.90 Å². The maximum Gasteiger partial charge on any atom is 0.261 e. The molecule has 1 aliphatic rings. The number of aryl methyl sites for hydroxylation is 1. The molecule has 5 heteroatoms. The number of carbonyl (C=O) groups is 1. The number of rotatable bonds is 4. The molecule has 0 saturated carbocycles. The number of thiophene rings is 1. The van der Waals surface area contributed by atoms with Gasteiger partial charge in [0.05, 0.1) is 11.0 Å². The number of aliphatic hydroxyl groups excluding tert-OH is 1. The van der Waals surface area contributed by atoms with E-state index in [0.717, 1.165) is 22.5 Å². The normalized spacial score (nSPS) is 21.0. The second-order valence-electron chi connectivity index (χ2n) is 5.73. The highest BCUT2D eigenvalue weighted by molar-refractivity contribution is 7.12. The highest BCUT2D eigenvalue weighted by atomic mass is 32.1. The van der Waals surface area contributed by atoms with E-state index >= 15 is 0 Å². The third-order valence-corrected chi connectivity index (χ3v) is 4.98. The molecule has 0 bridgehead atoms. The predicted octanol–water partition coefficient (Wildman–Crippen LogP) is 2.03. The highest BCUT2D eigenvalue weighted by Gasteiger charge is 2.25. The van der Waals surface area contributed by atoms with Crippen LogP contribution in [0.5, 0.6) is 0 Å². The zero-order valence-corrected chi connectivity index (χ0v) is 13.3. The van der Waals surface area contributed by atoms with Gasteiger partial charge in [0.15, 0.2) is 0 Å². The number of aliphatic hydroxyl groups is 1. The lowest BCUT2D eigenvalue weighted by Crippen LogP contribution is -2.34. The molecule has 1 saturated heterocycles. The van der Waals surface area contributed by atoms with Crippen molar-refractivity contribution in [3.05, 3.63) is 46.2 Å². The average molecular weight is 316 g/mol. The van der Waals surface area contributed by atoms with Gasteiger partial charge in [-0.15, -0.1) is 11.3 Å². The van der Waals surface area contributed by atoms with E-state index in [9.17, 15) is 9.90 Å². The fourth-order valence-electron chi connectivity index (χ4n) is 2.68. The fourth-order valence-corrected chi connectivity index (χ4v) is 3.51. The molecule has 1 amide bonds. The van der Waals surface area contributed by atoms with Gasteiger partial charge in [-0.2, -0.15) is 0 Å². The van der Waals surface area contributed by atoms with Crippen molar-refractivity contribution in [3.63, 3.8) is 0 Å². The summed E-state index contributed by atoms with van der Waals surface area (Å²) in [6.07, 6.45) is -0.375. The van der Waals surface area contributed by atoms with Crippen LogP contribution in [0.15, 0.2) is 35.7 Å². The van der Waals surface area contributed by atoms with Crippen molar-refractivity contribution in [1.82, 2.24) is 10.6 Å². The Morgan fingerprint density at radius 1 is 1.32 bits per heavy atom. The summed E-state index contributed by atoms with van der Waals surface area (Å²) in [4.78, 5) is 13.2. The lowest BCUT2D eigenvalue weighted by Gasteiger charge is -2.14. The first kappa shape index (κ1) is 15.2. The molecule has 1 aliphatic heterocycles. The maximum absolute atomic E-state index is 12.4. The summed E-state index contributed by atoms with van der Waals surface area (Å²) in [5.41, 5.74) is 3.22. The van der Waals surface area contributed by atoms with Crippen LogP contribution in [0.2, 0.25) is 0 Å². The second kappa shape index (κ2) is 6.60. The van der Waals surface area contributed by atoms with Gasteiger partial charge in [-0.25, -0.2) is 0 Å². The molecule has 1 fully saturated rings. The number of benzene rings is 1. The van der Waals surface area contributed by atoms with Gasteiger partial charge in [0.1, 0.15) is 0 Å². The number of amides is 1. The summed E-state index contributed by atoms with van der Waals surface area (Å²) in [5, 5.41) is 17.8. The van der Waals surface area contributed by atoms with Crippen LogP contribution in [0, 0.1) is 12.8 Å². The summed E-state index contributed by atoms with van der Waals surface area (Å²) < 4.78 is 0. The van der Waals surface area contributed by atoms with E-state index in [1.165, 1.54) is 16.9 Å². The number of carbonyl (C=O) groups excluding carboxylic acids is 1. The van der Waals surface area contributed by atoms with E-state index in [1.807, 2.05) is 30.5 Å². The first-order valence-electron chi connectivity index (χ1n) is 7.46. The molecule has 1 aromatic heterocycles. The molecular weight excluding hydrogens is 296 g/mol. The molecule has 0 radical (unpaired) electrons. The van der Waals surface area contributed by atoms with Crippen LogP contribution in [0.4, 0.5) is 0 Å². The third kappa shape index (κ3) is 3.21. The van der Waals surface area contributed by atoms with Crippen molar-refractivity contribution in [2.24, 2.45) is 5.92 Å². The first-order chi connectivity index (χ1) is 10.6. The number of nitrogens with one attached hydrogen (secondary N) is 2. The standard InChI is InChI=1S/C17H20N2O2S/c1-11-2-4-12(5-3-11)14-6-7-22-16(14)17(21)19-9-13-8-18-10-15(13)20/h2-7,13,15,18,20H,8-10H2,1H3,(H,19,21). The van der Waals surface area contributed by atoms with E-state index in [0.29, 0.717) is 13.1 Å². The van der Waals surface area contributed by atoms with Gasteiger partial charge in [-0.05, 0) is 23.9 Å². The Hall–Kier alpha value is -1.69. The van der Waals surface area contributed by atoms with Crippen molar-refractivity contribution >= 4 is 17.2 Å². The lowest BCUT2D eigenvalue weighted by atomic mass is 10.0. The Kier molecular flexibility index (Phi) is 4.57. The fraction of sp³-hybridized carbons (Fsp3) is 0.353. The summed E-state index contributed by atoms with van der Waals surface area (Å²) in [7, 11) is 0. The van der Waals surface area contributed by atoms with Crippen LogP contribution in [-0.4, -0.2) is 36.8 Å². The quantitative estimate of drug-likeness (QED) is 0.809. The number of β-amino-alcohol motifs (C(OH)–C–C–N with tert-alkyl or cyclic N) is 1. The molecule has 2 atom stereocenters. The summed E-state index contributed by atoms with van der Waals surface area (Å²) in [6, 6.07) is 10.2. The Balaban J connectivity index is 1.71. The van der Waals surface area contributed by atoms with Crippen molar-refractivity contribution in [2.75, 3.05) is 19.6 Å². The largest absolute Gasteiger partial charge is 0.391 e. The van der Waals surface area contributed by atoms with Gasteiger partial charge in [0, 0.05) is 31.1 Å². The molecule has 3 rings (SSSR count). The summed E-state index contributed by atoms with van der Waals surface area (Å²) in [5.74, 6) is 0.0245. The van der Waals surface area contributed by atoms with Crippen LogP contribution in [0.3, 0.4) is 0 Å². The Labute approximate surface area is 134 Å². The van der Waals surface area contributed by atoms with Crippen LogP contribution in [0.1, 0.15) is 15.2 Å². The minimum Gasteiger partial charge on any atom is -0.391 e. The van der Waals surface area contributed by atoms with Gasteiger partial charge in [-0.1, -0.05) is 29.8 Å². The van der Waals surface area contributed by atoms with Gasteiger partial charge < -0.3 is 15.7 Å². The van der Waals surface area contributed by atoms with E-state index < -0.39 is 0 Å². The third-order valence-electron chi connectivity index (χ3n) is 4.06. The Morgan fingerprint density at radius 2 is 2.09 bits per heavy atom. The molecule has 22 heavy (non-hydrogen) atoms. The minimum absolute atomic E-state index is 0.0651. The van der Waals surface area contributed by atoms with E-state index in [2.05, 4.69) is 22.8 Å². The smallest absolute Gasteiger partial charge is 0.261 e. The second-order valence-corrected chi connectivity index (χ2v) is 6.64. The van der Waals surface area contributed by atoms with Crippen LogP contribution in [-0.2, 0) is 0 Å². The van der Waals surface area contributed by atoms with Crippen molar-refractivity contribution in [2.45, 2.75) is 13.0 Å². The molecule has 116 valence electrons. The SMILES string of the molecule is Cc1ccc(-c2ccsc2C(=O)NCC2CNCC2O)cc1. The van der Waals surface area contributed by atoms with E-state index in [1.54, 1.807) is 0 Å². The lowest BCUT2D eigenvalue weighted by molar-refractivity contribution is 0.0931. The molecular formula is C17H20N2O2S. The molecule has 2 aromatic rings. The number of hydrogen-bond donors (Lipinski definition) is 3. The predicted molar refractivity (Wildman–Crippen MR) is 89.2 cm³/mol. The molecule has 4 nitrogen and oxygen atoms in total. The van der Waals surface area contributed by atoms with Gasteiger partial charge >= 0.3 is 0 Å². The zero-order chi connectivity index (χ0) is 15.5. The van der Waals surface area contributed by atoms with Gasteiger partial charge in [0.25, 0.3) is 5.91 Å². The minimum atomic E-state index is -0.375. The van der Waals surface area contributed by atoms with Gasteiger partial charge in [0.2, 0.25) is 0 Å². The van der Waals surface area contributed by atoms with Gasteiger partial charge in [-0.3, -0.25) is 4.79 Å². The van der Waals surface area contributed by atoms with E-state index in [-0.39, 0.29) is 17.9 Å². The average Bonchev–Trinajstić information content (AvgIpc) is 3.15. The molecule has 2 unspecified atom stereocenters. The first-order valence-corrected chi connectivity index (χ1v) is 8.34. The Bertz CT molecular complexity index is 651. The monoisotopic (exact) mass is 316 g/mol. The van der Waals surface area contributed by atoms with Crippen LogP contribution < -0.4 is 10.6 Å². The summed E-state index contributed by atoms with van der Waals surface area (Å²) >= 11 is 1.45. The van der Waals surface area contributed by atoms with Crippen LogP contribution in [0.25, 0.3) is 11.1 Å². The molecule has 1 aromatic carbocycles. The molecule has 2 heterocycles. The Morgan fingerprint density at radius 3 is 2.77 bits per heavy atom. The highest BCUT2D eigenvalue weighted by Crippen LogP contribution is 2.28. The molecule has 3 N–H and O–H groups in total.